The van der Waals surface area contributed by atoms with Gasteiger partial charge in [0.25, 0.3) is 0 Å². The van der Waals surface area contributed by atoms with E-state index in [0.29, 0.717) is 6.42 Å². The van der Waals surface area contributed by atoms with E-state index >= 15 is 0 Å². The van der Waals surface area contributed by atoms with Crippen LogP contribution in [0, 0.1) is 0 Å². The fourth-order valence-electron chi connectivity index (χ4n) is 1.05. The Morgan fingerprint density at radius 1 is 1.77 bits per heavy atom. The van der Waals surface area contributed by atoms with Crippen molar-refractivity contribution in [3.8, 4) is 0 Å². The second-order valence-electron chi connectivity index (χ2n) is 3.12. The highest BCUT2D eigenvalue weighted by molar-refractivity contribution is 5.81. The molecule has 1 heterocycles. The largest absolute Gasteiger partial charge is 0.348 e. The molecule has 1 atom stereocenters. The summed E-state index contributed by atoms with van der Waals surface area (Å²) < 4.78 is 0. The van der Waals surface area contributed by atoms with Gasteiger partial charge in [-0.15, -0.1) is 0 Å². The number of nitrogens with zero attached hydrogens (tertiary/aromatic N) is 2. The Morgan fingerprint density at radius 3 is 2.92 bits per heavy atom. The molecule has 72 valence electrons. The maximum Gasteiger partial charge on any atom is 0.239 e. The lowest BCUT2D eigenvalue weighted by Gasteiger charge is -2.15. The van der Waals surface area contributed by atoms with Crippen LogP contribution in [0.5, 0.6) is 0 Å². The number of likely N-dealkylation sites (N-methyl/N-ethyl adjacent to an activating group) is 1. The first-order chi connectivity index (χ1) is 6.11. The summed E-state index contributed by atoms with van der Waals surface area (Å²) in [5, 5.41) is 0. The molecule has 1 amide bonds. The van der Waals surface area contributed by atoms with Gasteiger partial charge >= 0.3 is 0 Å². The first kappa shape index (κ1) is 9.73. The molecule has 13 heavy (non-hydrogen) atoms. The number of amides is 1. The van der Waals surface area contributed by atoms with Gasteiger partial charge in [0.15, 0.2) is 0 Å². The van der Waals surface area contributed by atoms with Crippen LogP contribution in [-0.2, 0) is 11.2 Å². The molecule has 0 fully saturated rings. The highest BCUT2D eigenvalue weighted by Crippen LogP contribution is 1.98. The summed E-state index contributed by atoms with van der Waals surface area (Å²) in [5.74, 6) is -0.0744. The van der Waals surface area contributed by atoms with Gasteiger partial charge in [-0.25, -0.2) is 4.98 Å². The lowest BCUT2D eigenvalue weighted by atomic mass is 10.1. The topological polar surface area (TPSA) is 75.0 Å². The van der Waals surface area contributed by atoms with E-state index in [0.717, 1.165) is 5.69 Å². The zero-order chi connectivity index (χ0) is 9.84. The second-order valence-corrected chi connectivity index (χ2v) is 3.12. The van der Waals surface area contributed by atoms with Crippen LogP contribution < -0.4 is 5.73 Å². The molecule has 0 saturated heterocycles. The van der Waals surface area contributed by atoms with E-state index in [1.165, 1.54) is 4.90 Å². The summed E-state index contributed by atoms with van der Waals surface area (Å²) in [6.45, 7) is 0. The molecule has 5 heteroatoms. The minimum absolute atomic E-state index is 0.0744. The van der Waals surface area contributed by atoms with Gasteiger partial charge in [0.1, 0.15) is 0 Å². The van der Waals surface area contributed by atoms with E-state index in [1.807, 2.05) is 0 Å². The number of nitrogens with one attached hydrogen (secondary N) is 1. The minimum atomic E-state index is -0.490. The fourth-order valence-corrected chi connectivity index (χ4v) is 1.05. The summed E-state index contributed by atoms with van der Waals surface area (Å²) in [7, 11) is 3.38. The fraction of sp³-hybridized carbons (Fsp3) is 0.500. The Bertz CT molecular complexity index is 268. The highest BCUT2D eigenvalue weighted by Gasteiger charge is 2.15. The molecule has 3 N–H and O–H groups in total. The Morgan fingerprint density at radius 2 is 2.46 bits per heavy atom. The summed E-state index contributed by atoms with van der Waals surface area (Å²) in [6, 6.07) is -0.490. The summed E-state index contributed by atoms with van der Waals surface area (Å²) in [5.41, 5.74) is 6.55. The van der Waals surface area contributed by atoms with Crippen molar-refractivity contribution in [2.75, 3.05) is 14.1 Å². The summed E-state index contributed by atoms with van der Waals surface area (Å²) in [6.07, 6.45) is 3.74. The van der Waals surface area contributed by atoms with E-state index in [1.54, 1.807) is 26.6 Å². The molecular formula is C8H14N4O. The van der Waals surface area contributed by atoms with Gasteiger partial charge in [0, 0.05) is 32.4 Å². The molecule has 0 aromatic carbocycles. The maximum absolute atomic E-state index is 11.3. The number of imidazole rings is 1. The van der Waals surface area contributed by atoms with Gasteiger partial charge in [0.05, 0.1) is 12.4 Å². The molecule has 1 aromatic heterocycles. The van der Waals surface area contributed by atoms with Crippen molar-refractivity contribution in [3.05, 3.63) is 18.2 Å². The predicted octanol–water partition coefficient (Wildman–Crippen LogP) is -0.632. The molecule has 0 radical (unpaired) electrons. The molecule has 0 aliphatic carbocycles. The number of nitrogens with two attached hydrogens (primary N) is 1. The molecule has 0 saturated carbocycles. The number of rotatable bonds is 3. The van der Waals surface area contributed by atoms with Crippen LogP contribution in [0.25, 0.3) is 0 Å². The molecule has 1 unspecified atom stereocenters. The molecular weight excluding hydrogens is 168 g/mol. The van der Waals surface area contributed by atoms with Crippen molar-refractivity contribution >= 4 is 5.91 Å². The van der Waals surface area contributed by atoms with Crippen molar-refractivity contribution in [3.63, 3.8) is 0 Å². The number of H-pyrrole nitrogens is 1. The third-order valence-corrected chi connectivity index (χ3v) is 1.75. The van der Waals surface area contributed by atoms with Crippen LogP contribution in [0.4, 0.5) is 0 Å². The zero-order valence-electron chi connectivity index (χ0n) is 7.82. The van der Waals surface area contributed by atoms with E-state index < -0.39 is 6.04 Å². The quantitative estimate of drug-likeness (QED) is 0.653. The monoisotopic (exact) mass is 182 g/mol. The predicted molar refractivity (Wildman–Crippen MR) is 49.0 cm³/mol. The molecule has 0 bridgehead atoms. The van der Waals surface area contributed by atoms with Crippen LogP contribution in [0.1, 0.15) is 5.69 Å². The van der Waals surface area contributed by atoms with Gasteiger partial charge in [-0.2, -0.15) is 0 Å². The molecule has 5 nitrogen and oxygen atoms in total. The molecule has 0 spiro atoms. The number of aromatic amines is 1. The van der Waals surface area contributed by atoms with Crippen molar-refractivity contribution in [2.45, 2.75) is 12.5 Å². The molecule has 1 aromatic rings. The first-order valence-corrected chi connectivity index (χ1v) is 4.05. The van der Waals surface area contributed by atoms with Crippen molar-refractivity contribution < 1.29 is 4.79 Å². The van der Waals surface area contributed by atoms with Crippen LogP contribution >= 0.6 is 0 Å². The van der Waals surface area contributed by atoms with Crippen molar-refractivity contribution in [1.29, 1.82) is 0 Å². The smallest absolute Gasteiger partial charge is 0.239 e. The van der Waals surface area contributed by atoms with Gasteiger partial charge < -0.3 is 15.6 Å². The average molecular weight is 182 g/mol. The van der Waals surface area contributed by atoms with Gasteiger partial charge in [-0.3, -0.25) is 4.79 Å². The minimum Gasteiger partial charge on any atom is -0.348 e. The van der Waals surface area contributed by atoms with E-state index in [9.17, 15) is 4.79 Å². The van der Waals surface area contributed by atoms with Crippen LogP contribution in [-0.4, -0.2) is 40.9 Å². The number of hydrogen-bond acceptors (Lipinski definition) is 3. The van der Waals surface area contributed by atoms with Gasteiger partial charge in [-0.05, 0) is 0 Å². The summed E-state index contributed by atoms with van der Waals surface area (Å²) in [4.78, 5) is 19.6. The van der Waals surface area contributed by atoms with Crippen LogP contribution in [0.3, 0.4) is 0 Å². The van der Waals surface area contributed by atoms with E-state index in [4.69, 9.17) is 5.73 Å². The highest BCUT2D eigenvalue weighted by atomic mass is 16.2. The number of carbonyl (C=O) groups is 1. The standard InChI is InChI=1S/C8H14N4O/c1-12(2)8(13)7(9)3-6-4-10-5-11-6/h4-5,7H,3,9H2,1-2H3,(H,10,11). The zero-order valence-corrected chi connectivity index (χ0v) is 7.82. The number of carbonyl (C=O) groups excluding carboxylic acids is 1. The molecule has 0 aliphatic heterocycles. The first-order valence-electron chi connectivity index (χ1n) is 4.05. The normalized spacial score (nSPS) is 12.5. The second kappa shape index (κ2) is 4.04. The Balaban J connectivity index is 2.51. The molecule has 1 rings (SSSR count). The third kappa shape index (κ3) is 2.55. The van der Waals surface area contributed by atoms with Gasteiger partial charge in [-0.1, -0.05) is 0 Å². The Labute approximate surface area is 76.9 Å². The summed E-state index contributed by atoms with van der Waals surface area (Å²) >= 11 is 0. The maximum atomic E-state index is 11.3. The Hall–Kier alpha value is -1.36. The lowest BCUT2D eigenvalue weighted by Crippen LogP contribution is -2.41. The average Bonchev–Trinajstić information content (AvgIpc) is 2.55. The SMILES string of the molecule is CN(C)C(=O)C(N)Cc1cnc[nH]1. The van der Waals surface area contributed by atoms with Crippen LogP contribution in [0.2, 0.25) is 0 Å². The van der Waals surface area contributed by atoms with Gasteiger partial charge in [0.2, 0.25) is 5.91 Å². The molecule has 0 aliphatic rings. The van der Waals surface area contributed by atoms with E-state index in [2.05, 4.69) is 9.97 Å². The lowest BCUT2D eigenvalue weighted by molar-refractivity contribution is -0.130. The van der Waals surface area contributed by atoms with Crippen molar-refractivity contribution in [1.82, 2.24) is 14.9 Å². The van der Waals surface area contributed by atoms with Crippen LogP contribution in [0.15, 0.2) is 12.5 Å². The van der Waals surface area contributed by atoms with Crippen molar-refractivity contribution in [2.24, 2.45) is 5.73 Å². The number of aromatic nitrogens is 2. The Kier molecular flexibility index (Phi) is 3.02. The van der Waals surface area contributed by atoms with E-state index in [-0.39, 0.29) is 5.91 Å². The number of hydrogen-bond donors (Lipinski definition) is 2. The third-order valence-electron chi connectivity index (χ3n) is 1.75.